The van der Waals surface area contributed by atoms with Gasteiger partial charge in [0.05, 0.1) is 6.42 Å². The van der Waals surface area contributed by atoms with Crippen LogP contribution in [0.15, 0.2) is 12.1 Å². The van der Waals surface area contributed by atoms with Crippen molar-refractivity contribution >= 4 is 17.7 Å². The highest BCUT2D eigenvalue weighted by atomic mass is 19.1. The number of likely N-dealkylation sites (tertiary alicyclic amines) is 1. The van der Waals surface area contributed by atoms with Crippen LogP contribution in [-0.2, 0) is 4.79 Å². The number of amides is 2. The summed E-state index contributed by atoms with van der Waals surface area (Å²) in [6.07, 6.45) is 0.885. The summed E-state index contributed by atoms with van der Waals surface area (Å²) in [5, 5.41) is 10.8. The number of nitrogens with one attached hydrogen (secondary N) is 1. The average molecular weight is 302 g/mol. The Bertz CT molecular complexity index is 557. The maximum absolute atomic E-state index is 13.5. The van der Waals surface area contributed by atoms with Crippen molar-refractivity contribution < 1.29 is 27.9 Å². The largest absolute Gasteiger partial charge is 0.481 e. The van der Waals surface area contributed by atoms with E-state index in [2.05, 4.69) is 0 Å². The van der Waals surface area contributed by atoms with Gasteiger partial charge in [0.2, 0.25) is 0 Å². The summed E-state index contributed by atoms with van der Waals surface area (Å²) < 4.78 is 39.7. The van der Waals surface area contributed by atoms with Gasteiger partial charge in [0.25, 0.3) is 0 Å². The number of anilines is 1. The van der Waals surface area contributed by atoms with Crippen LogP contribution >= 0.6 is 0 Å². The molecule has 1 atom stereocenters. The summed E-state index contributed by atoms with van der Waals surface area (Å²) in [4.78, 5) is 23.9. The van der Waals surface area contributed by atoms with Gasteiger partial charge in [-0.25, -0.2) is 18.0 Å². The lowest BCUT2D eigenvalue weighted by Gasteiger charge is -2.24. The van der Waals surface area contributed by atoms with E-state index < -0.39 is 41.2 Å². The molecule has 2 amide bonds. The lowest BCUT2D eigenvalue weighted by molar-refractivity contribution is -0.137. The Morgan fingerprint density at radius 1 is 1.29 bits per heavy atom. The van der Waals surface area contributed by atoms with Gasteiger partial charge in [-0.3, -0.25) is 4.79 Å². The lowest BCUT2D eigenvalue weighted by atomic mass is 10.1. The molecule has 2 rings (SSSR count). The van der Waals surface area contributed by atoms with Crippen molar-refractivity contribution in [1.82, 2.24) is 4.90 Å². The predicted molar refractivity (Wildman–Crippen MR) is 67.3 cm³/mol. The molecule has 8 heteroatoms. The molecule has 0 aromatic heterocycles. The third kappa shape index (κ3) is 3.45. The Kier molecular flexibility index (Phi) is 4.35. The third-order valence-electron chi connectivity index (χ3n) is 3.29. The number of carbonyl (C=O) groups is 2. The molecule has 0 saturated carbocycles. The summed E-state index contributed by atoms with van der Waals surface area (Å²) in [5.41, 5.74) is -0.748. The van der Waals surface area contributed by atoms with Crippen molar-refractivity contribution in [3.05, 3.63) is 29.6 Å². The zero-order valence-electron chi connectivity index (χ0n) is 10.9. The number of nitrogens with zero attached hydrogens (tertiary/aromatic N) is 1. The Hall–Kier alpha value is -2.25. The monoisotopic (exact) mass is 302 g/mol. The van der Waals surface area contributed by atoms with E-state index in [1.807, 2.05) is 5.32 Å². The topological polar surface area (TPSA) is 69.6 Å². The van der Waals surface area contributed by atoms with Gasteiger partial charge < -0.3 is 15.3 Å². The predicted octanol–water partition coefficient (Wildman–Crippen LogP) is 2.57. The minimum atomic E-state index is -1.23. The molecule has 1 saturated heterocycles. The van der Waals surface area contributed by atoms with Gasteiger partial charge in [-0.05, 0) is 12.8 Å². The van der Waals surface area contributed by atoms with E-state index in [4.69, 9.17) is 5.11 Å². The summed E-state index contributed by atoms with van der Waals surface area (Å²) in [7, 11) is 0. The van der Waals surface area contributed by atoms with Crippen molar-refractivity contribution in [3.63, 3.8) is 0 Å². The molecule has 1 aromatic carbocycles. The van der Waals surface area contributed by atoms with E-state index in [-0.39, 0.29) is 6.42 Å². The molecule has 2 N–H and O–H groups in total. The summed E-state index contributed by atoms with van der Waals surface area (Å²) in [5.74, 6) is -4.60. The second-order valence-corrected chi connectivity index (χ2v) is 4.76. The number of hydrogen-bond donors (Lipinski definition) is 2. The van der Waals surface area contributed by atoms with Crippen LogP contribution in [-0.4, -0.2) is 34.6 Å². The van der Waals surface area contributed by atoms with Crippen molar-refractivity contribution in [2.45, 2.75) is 25.3 Å². The van der Waals surface area contributed by atoms with E-state index in [1.165, 1.54) is 4.90 Å². The van der Waals surface area contributed by atoms with E-state index in [0.29, 0.717) is 31.5 Å². The van der Waals surface area contributed by atoms with E-state index in [0.717, 1.165) is 0 Å². The van der Waals surface area contributed by atoms with E-state index in [9.17, 15) is 22.8 Å². The van der Waals surface area contributed by atoms with Crippen molar-refractivity contribution in [2.75, 3.05) is 11.9 Å². The fourth-order valence-electron chi connectivity index (χ4n) is 2.36. The van der Waals surface area contributed by atoms with Gasteiger partial charge in [-0.2, -0.15) is 0 Å². The Labute approximate surface area is 118 Å². The second kappa shape index (κ2) is 6.02. The van der Waals surface area contributed by atoms with Crippen molar-refractivity contribution in [3.8, 4) is 0 Å². The maximum Gasteiger partial charge on any atom is 0.322 e. The van der Waals surface area contributed by atoms with Crippen molar-refractivity contribution in [2.24, 2.45) is 0 Å². The molecule has 0 bridgehead atoms. The third-order valence-corrected chi connectivity index (χ3v) is 3.29. The van der Waals surface area contributed by atoms with Crippen molar-refractivity contribution in [1.29, 1.82) is 0 Å². The van der Waals surface area contributed by atoms with Gasteiger partial charge in [0, 0.05) is 24.7 Å². The highest BCUT2D eigenvalue weighted by Crippen LogP contribution is 2.24. The first-order chi connectivity index (χ1) is 9.88. The molecule has 21 heavy (non-hydrogen) atoms. The lowest BCUT2D eigenvalue weighted by Crippen LogP contribution is -2.40. The molecule has 0 radical (unpaired) electrons. The Morgan fingerprint density at radius 2 is 1.90 bits per heavy atom. The first-order valence-corrected chi connectivity index (χ1v) is 6.32. The van der Waals surface area contributed by atoms with Crippen LogP contribution in [0.4, 0.5) is 23.7 Å². The van der Waals surface area contributed by atoms with E-state index in [1.54, 1.807) is 0 Å². The molecule has 1 aromatic rings. The van der Waals surface area contributed by atoms with Gasteiger partial charge in [-0.1, -0.05) is 0 Å². The number of aliphatic carboxylic acids is 1. The standard InChI is InChI=1S/C13H13F3N2O3/c14-7-4-9(15)12(10(16)5-7)17-13(21)18-3-1-2-8(18)6-11(19)20/h4-5,8H,1-3,6H2,(H,17,21)(H,19,20). The average Bonchev–Trinajstić information content (AvgIpc) is 2.80. The van der Waals surface area contributed by atoms with E-state index >= 15 is 0 Å². The number of benzene rings is 1. The van der Waals surface area contributed by atoms with Gasteiger partial charge in [-0.15, -0.1) is 0 Å². The smallest absolute Gasteiger partial charge is 0.322 e. The number of carboxylic acid groups (broad SMARTS) is 1. The quantitative estimate of drug-likeness (QED) is 0.901. The molecular weight excluding hydrogens is 289 g/mol. The number of hydrogen-bond acceptors (Lipinski definition) is 2. The first-order valence-electron chi connectivity index (χ1n) is 6.32. The second-order valence-electron chi connectivity index (χ2n) is 4.76. The van der Waals surface area contributed by atoms with Crippen LogP contribution in [0.1, 0.15) is 19.3 Å². The van der Waals surface area contributed by atoms with Crippen LogP contribution in [0.5, 0.6) is 0 Å². The zero-order valence-corrected chi connectivity index (χ0v) is 10.9. The molecule has 1 heterocycles. The normalized spacial score (nSPS) is 17.9. The Balaban J connectivity index is 2.13. The van der Waals surface area contributed by atoms with Crippen LogP contribution in [0, 0.1) is 17.5 Å². The Morgan fingerprint density at radius 3 is 2.48 bits per heavy atom. The molecule has 1 aliphatic heterocycles. The molecule has 0 spiro atoms. The molecule has 0 aliphatic carbocycles. The van der Waals surface area contributed by atoms with Crippen LogP contribution in [0.25, 0.3) is 0 Å². The molecular formula is C13H13F3N2O3. The molecule has 1 aliphatic rings. The minimum Gasteiger partial charge on any atom is -0.481 e. The number of halogens is 3. The zero-order chi connectivity index (χ0) is 15.6. The number of urea groups is 1. The minimum absolute atomic E-state index is 0.234. The highest BCUT2D eigenvalue weighted by Gasteiger charge is 2.31. The highest BCUT2D eigenvalue weighted by molar-refractivity contribution is 5.90. The summed E-state index contributed by atoms with van der Waals surface area (Å²) in [6.45, 7) is 0.300. The number of carbonyl (C=O) groups excluding carboxylic acids is 1. The summed E-state index contributed by atoms with van der Waals surface area (Å²) >= 11 is 0. The van der Waals surface area contributed by atoms with Gasteiger partial charge in [0.15, 0.2) is 11.6 Å². The number of rotatable bonds is 3. The molecule has 1 fully saturated rings. The van der Waals surface area contributed by atoms with Gasteiger partial charge in [0.1, 0.15) is 11.5 Å². The first kappa shape index (κ1) is 15.1. The molecule has 5 nitrogen and oxygen atoms in total. The SMILES string of the molecule is O=C(O)CC1CCCN1C(=O)Nc1c(F)cc(F)cc1F. The van der Waals surface area contributed by atoms with Crippen LogP contribution in [0.3, 0.4) is 0 Å². The summed E-state index contributed by atoms with van der Waals surface area (Å²) in [6, 6.07) is -0.410. The fraction of sp³-hybridized carbons (Fsp3) is 0.385. The molecule has 114 valence electrons. The van der Waals surface area contributed by atoms with Crippen LogP contribution in [0.2, 0.25) is 0 Å². The van der Waals surface area contributed by atoms with Crippen LogP contribution < -0.4 is 5.32 Å². The van der Waals surface area contributed by atoms with Gasteiger partial charge >= 0.3 is 12.0 Å². The molecule has 1 unspecified atom stereocenters. The number of carboxylic acids is 1. The fourth-order valence-corrected chi connectivity index (χ4v) is 2.36. The maximum atomic E-state index is 13.5.